The molecule has 0 aliphatic carbocycles. The van der Waals surface area contributed by atoms with E-state index in [0.29, 0.717) is 35.4 Å². The molecule has 2 aromatic rings. The molecule has 2 atom stereocenters. The van der Waals surface area contributed by atoms with Crippen molar-refractivity contribution in [2.24, 2.45) is 5.92 Å². The minimum absolute atomic E-state index is 0.0522. The summed E-state index contributed by atoms with van der Waals surface area (Å²) in [6.45, 7) is 13.4. The van der Waals surface area contributed by atoms with Crippen molar-refractivity contribution in [3.63, 3.8) is 0 Å². The number of para-hydroxylation sites is 1. The number of anilines is 1. The molecular weight excluding hydrogens is 558 g/mol. The van der Waals surface area contributed by atoms with Gasteiger partial charge in [-0.2, -0.15) is 0 Å². The van der Waals surface area contributed by atoms with Gasteiger partial charge in [0.05, 0.1) is 7.11 Å². The molecule has 9 nitrogen and oxygen atoms in total. The molecule has 0 bridgehead atoms. The fourth-order valence-electron chi connectivity index (χ4n) is 5.01. The van der Waals surface area contributed by atoms with Crippen molar-refractivity contribution in [1.29, 1.82) is 0 Å². The molecule has 0 aliphatic rings. The van der Waals surface area contributed by atoms with Gasteiger partial charge in [0.15, 0.2) is 0 Å². The SMILES string of the molecule is CCCCCCCCN(C(=O)C(CC(C)C)NC(=O)OC(C)(C)C)C(C(=O)Nc1ccc(OC)cc1)c1cccc(C)c1O. The molecule has 0 radical (unpaired) electrons. The zero-order valence-corrected chi connectivity index (χ0v) is 27.9. The van der Waals surface area contributed by atoms with E-state index in [4.69, 9.17) is 9.47 Å². The normalized spacial score (nSPS) is 12.8. The van der Waals surface area contributed by atoms with Gasteiger partial charge in [-0.1, -0.05) is 71.1 Å². The molecule has 0 fully saturated rings. The van der Waals surface area contributed by atoms with Crippen molar-refractivity contribution in [1.82, 2.24) is 10.2 Å². The Morgan fingerprint density at radius 3 is 2.18 bits per heavy atom. The van der Waals surface area contributed by atoms with Crippen molar-refractivity contribution in [2.45, 2.75) is 111 Å². The van der Waals surface area contributed by atoms with Gasteiger partial charge in [0.2, 0.25) is 5.91 Å². The Bertz CT molecular complexity index is 1210. The topological polar surface area (TPSA) is 117 Å². The van der Waals surface area contributed by atoms with Crippen LogP contribution in [0.25, 0.3) is 0 Å². The molecule has 0 aromatic heterocycles. The summed E-state index contributed by atoms with van der Waals surface area (Å²) in [5.74, 6) is -0.234. The molecule has 0 saturated heterocycles. The second kappa shape index (κ2) is 17.5. The molecule has 0 spiro atoms. The number of carbonyl (C=O) groups excluding carboxylic acids is 3. The molecule has 2 aromatic carbocycles. The first-order chi connectivity index (χ1) is 20.8. The molecular formula is C35H53N3O6. The van der Waals surface area contributed by atoms with Crippen LogP contribution in [-0.2, 0) is 14.3 Å². The van der Waals surface area contributed by atoms with Crippen LogP contribution < -0.4 is 15.4 Å². The molecule has 3 N–H and O–H groups in total. The Hall–Kier alpha value is -3.75. The number of phenolic OH excluding ortho intramolecular Hbond substituents is 1. The standard InChI is InChI=1S/C35H53N3O6/c1-9-10-11-12-13-14-22-38(33(41)29(23-24(2)3)37-34(42)44-35(5,6)7)30(28-17-15-16-25(4)31(28)39)32(40)36-26-18-20-27(43-8)21-19-26/h15-21,24,29-30,39H,9-14,22-23H2,1-8H3,(H,36,40)(H,37,42). The van der Waals surface area contributed by atoms with Crippen LogP contribution in [0.15, 0.2) is 42.5 Å². The number of aryl methyl sites for hydroxylation is 1. The lowest BCUT2D eigenvalue weighted by atomic mass is 9.97. The molecule has 0 saturated carbocycles. The maximum atomic E-state index is 14.5. The lowest BCUT2D eigenvalue weighted by Gasteiger charge is -2.35. The number of rotatable bonds is 16. The summed E-state index contributed by atoms with van der Waals surface area (Å²) in [6, 6.07) is 9.99. The minimum atomic E-state index is -1.16. The summed E-state index contributed by atoms with van der Waals surface area (Å²) in [5.41, 5.74) is 0.672. The quantitative estimate of drug-likeness (QED) is 0.169. The number of unbranched alkanes of at least 4 members (excludes halogenated alkanes) is 5. The molecule has 2 rings (SSSR count). The number of alkyl carbamates (subject to hydrolysis) is 1. The summed E-state index contributed by atoms with van der Waals surface area (Å²) < 4.78 is 10.7. The van der Waals surface area contributed by atoms with Gasteiger partial charge < -0.3 is 30.1 Å². The van der Waals surface area contributed by atoms with E-state index in [1.165, 1.54) is 4.90 Å². The minimum Gasteiger partial charge on any atom is -0.507 e. The zero-order valence-electron chi connectivity index (χ0n) is 27.9. The Balaban J connectivity index is 2.56. The van der Waals surface area contributed by atoms with E-state index in [-0.39, 0.29) is 18.2 Å². The molecule has 9 heteroatoms. The fraction of sp³-hybridized carbons (Fsp3) is 0.571. The number of methoxy groups -OCH3 is 1. The van der Waals surface area contributed by atoms with E-state index in [2.05, 4.69) is 17.6 Å². The third kappa shape index (κ3) is 11.7. The number of aromatic hydroxyl groups is 1. The van der Waals surface area contributed by atoms with Crippen LogP contribution in [-0.4, -0.2) is 53.2 Å². The smallest absolute Gasteiger partial charge is 0.408 e. The van der Waals surface area contributed by atoms with Crippen molar-refractivity contribution in [3.8, 4) is 11.5 Å². The van der Waals surface area contributed by atoms with Gasteiger partial charge in [-0.05, 0) is 76.3 Å². The third-order valence-corrected chi connectivity index (χ3v) is 7.21. The van der Waals surface area contributed by atoms with Gasteiger partial charge in [-0.25, -0.2) is 4.79 Å². The molecule has 244 valence electrons. The van der Waals surface area contributed by atoms with Crippen LogP contribution in [0.1, 0.15) is 104 Å². The predicted octanol–water partition coefficient (Wildman–Crippen LogP) is 7.52. The second-order valence-corrected chi connectivity index (χ2v) is 12.8. The Morgan fingerprint density at radius 2 is 1.59 bits per heavy atom. The third-order valence-electron chi connectivity index (χ3n) is 7.21. The Morgan fingerprint density at radius 1 is 0.955 bits per heavy atom. The van der Waals surface area contributed by atoms with Gasteiger partial charge in [0.1, 0.15) is 29.2 Å². The van der Waals surface area contributed by atoms with Crippen LogP contribution >= 0.6 is 0 Å². The van der Waals surface area contributed by atoms with E-state index < -0.39 is 35.6 Å². The second-order valence-electron chi connectivity index (χ2n) is 12.8. The number of carbonyl (C=O) groups is 3. The number of phenols is 1. The summed E-state index contributed by atoms with van der Waals surface area (Å²) >= 11 is 0. The number of nitrogens with one attached hydrogen (secondary N) is 2. The van der Waals surface area contributed by atoms with Crippen LogP contribution in [0, 0.1) is 12.8 Å². The van der Waals surface area contributed by atoms with E-state index >= 15 is 0 Å². The number of benzene rings is 2. The summed E-state index contributed by atoms with van der Waals surface area (Å²) in [4.78, 5) is 43.0. The fourth-order valence-corrected chi connectivity index (χ4v) is 5.01. The molecule has 3 amide bonds. The zero-order chi connectivity index (χ0) is 32.9. The lowest BCUT2D eigenvalue weighted by molar-refractivity contribution is -0.141. The van der Waals surface area contributed by atoms with Crippen LogP contribution in [0.3, 0.4) is 0 Å². The molecule has 44 heavy (non-hydrogen) atoms. The molecule has 2 unspecified atom stereocenters. The number of hydrogen-bond donors (Lipinski definition) is 3. The highest BCUT2D eigenvalue weighted by atomic mass is 16.6. The lowest BCUT2D eigenvalue weighted by Crippen LogP contribution is -2.53. The molecule has 0 heterocycles. The summed E-state index contributed by atoms with van der Waals surface area (Å²) in [7, 11) is 1.56. The summed E-state index contributed by atoms with van der Waals surface area (Å²) in [6.07, 6.45) is 5.56. The largest absolute Gasteiger partial charge is 0.507 e. The first-order valence-corrected chi connectivity index (χ1v) is 15.8. The highest BCUT2D eigenvalue weighted by Crippen LogP contribution is 2.34. The van der Waals surface area contributed by atoms with Gasteiger partial charge in [-0.3, -0.25) is 9.59 Å². The van der Waals surface area contributed by atoms with Gasteiger partial charge in [0, 0.05) is 17.8 Å². The van der Waals surface area contributed by atoms with Crippen molar-refractivity contribution >= 4 is 23.6 Å². The van der Waals surface area contributed by atoms with E-state index in [1.54, 1.807) is 77.3 Å². The number of nitrogens with zero attached hydrogens (tertiary/aromatic N) is 1. The highest BCUT2D eigenvalue weighted by Gasteiger charge is 2.37. The number of hydrogen-bond acceptors (Lipinski definition) is 6. The van der Waals surface area contributed by atoms with Gasteiger partial charge in [0.25, 0.3) is 5.91 Å². The monoisotopic (exact) mass is 611 g/mol. The maximum absolute atomic E-state index is 14.5. The molecule has 0 aliphatic heterocycles. The first kappa shape index (κ1) is 36.4. The summed E-state index contributed by atoms with van der Waals surface area (Å²) in [5, 5.41) is 16.9. The van der Waals surface area contributed by atoms with Crippen molar-refractivity contribution < 1.29 is 29.0 Å². The van der Waals surface area contributed by atoms with Gasteiger partial charge in [-0.15, -0.1) is 0 Å². The van der Waals surface area contributed by atoms with Crippen LogP contribution in [0.2, 0.25) is 0 Å². The Kier molecular flexibility index (Phi) is 14.5. The average Bonchev–Trinajstić information content (AvgIpc) is 2.94. The van der Waals surface area contributed by atoms with E-state index in [0.717, 1.165) is 32.1 Å². The highest BCUT2D eigenvalue weighted by molar-refractivity contribution is 5.99. The van der Waals surface area contributed by atoms with Crippen LogP contribution in [0.5, 0.6) is 11.5 Å². The van der Waals surface area contributed by atoms with Gasteiger partial charge >= 0.3 is 6.09 Å². The van der Waals surface area contributed by atoms with Crippen molar-refractivity contribution in [3.05, 3.63) is 53.6 Å². The van der Waals surface area contributed by atoms with E-state index in [1.807, 2.05) is 13.8 Å². The number of ether oxygens (including phenoxy) is 2. The first-order valence-electron chi connectivity index (χ1n) is 15.8. The predicted molar refractivity (Wildman–Crippen MR) is 175 cm³/mol. The van der Waals surface area contributed by atoms with E-state index in [9.17, 15) is 19.5 Å². The van der Waals surface area contributed by atoms with Crippen molar-refractivity contribution in [2.75, 3.05) is 19.0 Å². The Labute approximate surface area is 263 Å². The van der Waals surface area contributed by atoms with Crippen LogP contribution in [0.4, 0.5) is 10.5 Å². The number of amides is 3. The maximum Gasteiger partial charge on any atom is 0.408 e. The average molecular weight is 612 g/mol.